The minimum absolute atomic E-state index is 0.764. The van der Waals surface area contributed by atoms with Gasteiger partial charge in [0.1, 0.15) is 5.82 Å². The Bertz CT molecular complexity index is 467. The van der Waals surface area contributed by atoms with Gasteiger partial charge in [-0.05, 0) is 13.0 Å². The molecule has 0 spiro atoms. The van der Waals surface area contributed by atoms with Gasteiger partial charge >= 0.3 is 0 Å². The Balaban J connectivity index is 1.83. The van der Waals surface area contributed by atoms with Crippen LogP contribution in [-0.2, 0) is 11.3 Å². The van der Waals surface area contributed by atoms with Gasteiger partial charge in [-0.15, -0.1) is 0 Å². The number of nitrogens with one attached hydrogen (secondary N) is 1. The van der Waals surface area contributed by atoms with Crippen molar-refractivity contribution in [1.29, 1.82) is 0 Å². The van der Waals surface area contributed by atoms with Gasteiger partial charge in [-0.1, -0.05) is 30.3 Å². The fraction of sp³-hybridized carbons (Fsp3) is 0.400. The molecule has 0 aliphatic heterocycles. The Hall–Kier alpha value is -1.65. The van der Waals surface area contributed by atoms with Gasteiger partial charge in [0.2, 0.25) is 0 Å². The summed E-state index contributed by atoms with van der Waals surface area (Å²) in [5, 5.41) is 3.35. The SMILES string of the molecule is COCCNCCCn1ccnc1-c1ccccc1. The van der Waals surface area contributed by atoms with Gasteiger partial charge in [0.15, 0.2) is 0 Å². The van der Waals surface area contributed by atoms with E-state index in [0.717, 1.165) is 38.5 Å². The van der Waals surface area contributed by atoms with Crippen LogP contribution in [0.25, 0.3) is 11.4 Å². The largest absolute Gasteiger partial charge is 0.383 e. The zero-order valence-electron chi connectivity index (χ0n) is 11.4. The van der Waals surface area contributed by atoms with E-state index in [1.807, 2.05) is 30.6 Å². The molecular formula is C15H21N3O. The third-order valence-corrected chi connectivity index (χ3v) is 2.98. The number of aryl methyl sites for hydroxylation is 1. The average Bonchev–Trinajstić information content (AvgIpc) is 2.92. The molecule has 0 amide bonds. The molecule has 1 aromatic heterocycles. The molecule has 0 radical (unpaired) electrons. The van der Waals surface area contributed by atoms with Crippen LogP contribution >= 0.6 is 0 Å². The maximum Gasteiger partial charge on any atom is 0.139 e. The van der Waals surface area contributed by atoms with Crippen LogP contribution in [0.4, 0.5) is 0 Å². The van der Waals surface area contributed by atoms with E-state index in [2.05, 4.69) is 27.0 Å². The summed E-state index contributed by atoms with van der Waals surface area (Å²) in [4.78, 5) is 4.44. The van der Waals surface area contributed by atoms with E-state index >= 15 is 0 Å². The molecule has 2 aromatic rings. The van der Waals surface area contributed by atoms with Crippen molar-refractivity contribution in [2.24, 2.45) is 0 Å². The van der Waals surface area contributed by atoms with Gasteiger partial charge in [-0.2, -0.15) is 0 Å². The molecule has 0 aliphatic rings. The summed E-state index contributed by atoms with van der Waals surface area (Å²) >= 11 is 0. The average molecular weight is 259 g/mol. The van der Waals surface area contributed by atoms with Gasteiger partial charge < -0.3 is 14.6 Å². The Morgan fingerprint density at radius 2 is 2.05 bits per heavy atom. The quantitative estimate of drug-likeness (QED) is 0.739. The number of nitrogens with zero attached hydrogens (tertiary/aromatic N) is 2. The maximum absolute atomic E-state index is 4.99. The second kappa shape index (κ2) is 7.71. The number of rotatable bonds is 8. The number of benzene rings is 1. The molecule has 0 bridgehead atoms. The molecule has 102 valence electrons. The molecule has 19 heavy (non-hydrogen) atoms. The lowest BCUT2D eigenvalue weighted by Gasteiger charge is -2.08. The smallest absolute Gasteiger partial charge is 0.139 e. The lowest BCUT2D eigenvalue weighted by molar-refractivity contribution is 0.199. The first-order chi connectivity index (χ1) is 9.42. The molecule has 1 aromatic carbocycles. The second-order valence-corrected chi connectivity index (χ2v) is 4.41. The maximum atomic E-state index is 4.99. The third-order valence-electron chi connectivity index (χ3n) is 2.98. The van der Waals surface area contributed by atoms with Crippen LogP contribution in [0, 0.1) is 0 Å². The monoisotopic (exact) mass is 259 g/mol. The molecule has 0 saturated heterocycles. The van der Waals surface area contributed by atoms with Crippen LogP contribution in [-0.4, -0.2) is 36.4 Å². The third kappa shape index (κ3) is 4.19. The number of imidazole rings is 1. The van der Waals surface area contributed by atoms with E-state index in [0.29, 0.717) is 0 Å². The summed E-state index contributed by atoms with van der Waals surface area (Å²) in [6.45, 7) is 3.65. The van der Waals surface area contributed by atoms with E-state index < -0.39 is 0 Å². The minimum atomic E-state index is 0.764. The molecule has 0 fully saturated rings. The predicted molar refractivity (Wildman–Crippen MR) is 77.0 cm³/mol. The highest BCUT2D eigenvalue weighted by molar-refractivity contribution is 5.54. The van der Waals surface area contributed by atoms with Crippen molar-refractivity contribution in [2.75, 3.05) is 26.8 Å². The van der Waals surface area contributed by atoms with Gasteiger partial charge in [0, 0.05) is 38.2 Å². The van der Waals surface area contributed by atoms with E-state index in [1.54, 1.807) is 7.11 Å². The van der Waals surface area contributed by atoms with Crippen molar-refractivity contribution in [3.8, 4) is 11.4 Å². The van der Waals surface area contributed by atoms with E-state index in [4.69, 9.17) is 4.74 Å². The van der Waals surface area contributed by atoms with Gasteiger partial charge in [0.25, 0.3) is 0 Å². The molecule has 0 saturated carbocycles. The molecule has 1 heterocycles. The summed E-state index contributed by atoms with van der Waals surface area (Å²) in [5.41, 5.74) is 1.17. The predicted octanol–water partition coefficient (Wildman–Crippen LogP) is 2.18. The van der Waals surface area contributed by atoms with Crippen LogP contribution in [0.3, 0.4) is 0 Å². The molecule has 0 aliphatic carbocycles. The highest BCUT2D eigenvalue weighted by atomic mass is 16.5. The van der Waals surface area contributed by atoms with E-state index in [-0.39, 0.29) is 0 Å². The lowest BCUT2D eigenvalue weighted by Crippen LogP contribution is -2.21. The number of aromatic nitrogens is 2. The van der Waals surface area contributed by atoms with Crippen molar-refractivity contribution >= 4 is 0 Å². The zero-order valence-corrected chi connectivity index (χ0v) is 11.4. The van der Waals surface area contributed by atoms with Crippen molar-refractivity contribution in [3.63, 3.8) is 0 Å². The number of ether oxygens (including phenoxy) is 1. The van der Waals surface area contributed by atoms with Gasteiger partial charge in [-0.3, -0.25) is 0 Å². The fourth-order valence-electron chi connectivity index (χ4n) is 2.01. The van der Waals surface area contributed by atoms with E-state index in [9.17, 15) is 0 Å². The van der Waals surface area contributed by atoms with Crippen LogP contribution in [0.15, 0.2) is 42.7 Å². The number of hydrogen-bond acceptors (Lipinski definition) is 3. The van der Waals surface area contributed by atoms with Crippen molar-refractivity contribution in [3.05, 3.63) is 42.7 Å². The topological polar surface area (TPSA) is 39.1 Å². The lowest BCUT2D eigenvalue weighted by atomic mass is 10.2. The van der Waals surface area contributed by atoms with Crippen LogP contribution in [0.2, 0.25) is 0 Å². The summed E-state index contributed by atoms with van der Waals surface area (Å²) in [7, 11) is 1.72. The van der Waals surface area contributed by atoms with Crippen LogP contribution in [0.5, 0.6) is 0 Å². The first-order valence-electron chi connectivity index (χ1n) is 6.68. The Labute approximate surface area is 114 Å². The molecule has 2 rings (SSSR count). The first-order valence-corrected chi connectivity index (χ1v) is 6.68. The van der Waals surface area contributed by atoms with Crippen molar-refractivity contribution in [1.82, 2.24) is 14.9 Å². The zero-order chi connectivity index (χ0) is 13.3. The van der Waals surface area contributed by atoms with Gasteiger partial charge in [-0.25, -0.2) is 4.98 Å². The van der Waals surface area contributed by atoms with Crippen LogP contribution < -0.4 is 5.32 Å². The first kappa shape index (κ1) is 13.8. The minimum Gasteiger partial charge on any atom is -0.383 e. The molecule has 4 nitrogen and oxygen atoms in total. The Morgan fingerprint density at radius 1 is 1.21 bits per heavy atom. The highest BCUT2D eigenvalue weighted by Crippen LogP contribution is 2.16. The van der Waals surface area contributed by atoms with Crippen molar-refractivity contribution in [2.45, 2.75) is 13.0 Å². The summed E-state index contributed by atoms with van der Waals surface area (Å²) < 4.78 is 7.20. The van der Waals surface area contributed by atoms with E-state index in [1.165, 1.54) is 5.56 Å². The molecular weight excluding hydrogens is 238 g/mol. The standard InChI is InChI=1S/C15H21N3O/c1-19-13-10-16-8-5-11-18-12-9-17-15(18)14-6-3-2-4-7-14/h2-4,6-7,9,12,16H,5,8,10-11,13H2,1H3. The number of methoxy groups -OCH3 is 1. The van der Waals surface area contributed by atoms with Gasteiger partial charge in [0.05, 0.1) is 6.61 Å². The normalized spacial score (nSPS) is 10.8. The Morgan fingerprint density at radius 3 is 2.84 bits per heavy atom. The fourth-order valence-corrected chi connectivity index (χ4v) is 2.01. The summed E-state index contributed by atoms with van der Waals surface area (Å²) in [6.07, 6.45) is 4.98. The van der Waals surface area contributed by atoms with Crippen molar-refractivity contribution < 1.29 is 4.74 Å². The summed E-state index contributed by atoms with van der Waals surface area (Å²) in [6, 6.07) is 10.3. The summed E-state index contributed by atoms with van der Waals surface area (Å²) in [5.74, 6) is 1.04. The molecule has 0 atom stereocenters. The highest BCUT2D eigenvalue weighted by Gasteiger charge is 2.04. The second-order valence-electron chi connectivity index (χ2n) is 4.41. The number of hydrogen-bond donors (Lipinski definition) is 1. The molecule has 1 N–H and O–H groups in total. The Kier molecular flexibility index (Phi) is 5.59. The van der Waals surface area contributed by atoms with Crippen LogP contribution in [0.1, 0.15) is 6.42 Å². The molecule has 0 unspecified atom stereocenters. The molecule has 4 heteroatoms.